The molecule has 1 aromatic heterocycles. The number of hydrogen-bond acceptors (Lipinski definition) is 3. The van der Waals surface area contributed by atoms with E-state index in [9.17, 15) is 14.0 Å². The molecule has 0 bridgehead atoms. The van der Waals surface area contributed by atoms with Gasteiger partial charge in [0.15, 0.2) is 0 Å². The third kappa shape index (κ3) is 4.32. The average Bonchev–Trinajstić information content (AvgIpc) is 2.52. The van der Waals surface area contributed by atoms with Crippen LogP contribution in [0.2, 0.25) is 0 Å². The summed E-state index contributed by atoms with van der Waals surface area (Å²) in [7, 11) is 1.49. The first-order valence-corrected chi connectivity index (χ1v) is 7.06. The summed E-state index contributed by atoms with van der Waals surface area (Å²) in [5.74, 6) is -0.0149. The summed E-state index contributed by atoms with van der Waals surface area (Å²) in [4.78, 5) is 23.7. The second-order valence-electron chi connectivity index (χ2n) is 4.89. The monoisotopic (exact) mass is 319 g/mol. The van der Waals surface area contributed by atoms with Gasteiger partial charge in [0.2, 0.25) is 0 Å². The number of pyridine rings is 1. The molecule has 6 nitrogen and oxygen atoms in total. The molecule has 0 fully saturated rings. The number of halogens is 1. The summed E-state index contributed by atoms with van der Waals surface area (Å²) in [6.45, 7) is 2.32. The molecule has 0 radical (unpaired) electrons. The number of benzene rings is 1. The lowest BCUT2D eigenvalue weighted by atomic mass is 10.3. The van der Waals surface area contributed by atoms with Crippen LogP contribution in [0.5, 0.6) is 5.75 Å². The highest BCUT2D eigenvalue weighted by Gasteiger charge is 2.07. The third-order valence-electron chi connectivity index (χ3n) is 3.29. The molecule has 7 heteroatoms. The summed E-state index contributed by atoms with van der Waals surface area (Å²) < 4.78 is 20.0. The van der Waals surface area contributed by atoms with Gasteiger partial charge in [-0.25, -0.2) is 9.18 Å². The number of anilines is 1. The van der Waals surface area contributed by atoms with Crippen molar-refractivity contribution in [3.8, 4) is 5.75 Å². The van der Waals surface area contributed by atoms with E-state index in [1.165, 1.54) is 35.9 Å². The number of nitrogens with one attached hydrogen (secondary N) is 2. The second kappa shape index (κ2) is 7.44. The Balaban J connectivity index is 1.91. The molecule has 23 heavy (non-hydrogen) atoms. The topological polar surface area (TPSA) is 72.4 Å². The first-order valence-electron chi connectivity index (χ1n) is 7.06. The van der Waals surface area contributed by atoms with Crippen molar-refractivity contribution in [1.82, 2.24) is 9.88 Å². The predicted molar refractivity (Wildman–Crippen MR) is 85.4 cm³/mol. The van der Waals surface area contributed by atoms with Gasteiger partial charge in [-0.15, -0.1) is 0 Å². The molecule has 1 aromatic carbocycles. The number of carbonyl (C=O) groups is 1. The van der Waals surface area contributed by atoms with Crippen molar-refractivity contribution in [1.29, 1.82) is 0 Å². The molecule has 2 aromatic rings. The Morgan fingerprint density at radius 2 is 2.04 bits per heavy atom. The fourth-order valence-electron chi connectivity index (χ4n) is 2.11. The maximum Gasteiger partial charge on any atom is 0.319 e. The van der Waals surface area contributed by atoms with Gasteiger partial charge in [-0.2, -0.15) is 0 Å². The molecule has 122 valence electrons. The number of urea groups is 1. The smallest absolute Gasteiger partial charge is 0.319 e. The minimum atomic E-state index is -0.533. The van der Waals surface area contributed by atoms with Gasteiger partial charge in [0.1, 0.15) is 11.6 Å². The number of methoxy groups -OCH3 is 1. The molecular weight excluding hydrogens is 301 g/mol. The van der Waals surface area contributed by atoms with Crippen molar-refractivity contribution >= 4 is 11.7 Å². The number of aryl methyl sites for hydroxylation is 1. The van der Waals surface area contributed by atoms with E-state index < -0.39 is 11.8 Å². The molecule has 2 amide bonds. The minimum absolute atomic E-state index is 0.0998. The normalized spacial score (nSPS) is 10.2. The van der Waals surface area contributed by atoms with Crippen LogP contribution in [0.15, 0.2) is 41.2 Å². The number of hydrogen-bond donors (Lipinski definition) is 2. The number of para-hydroxylation sites is 1. The molecule has 0 aliphatic carbocycles. The van der Waals surface area contributed by atoms with Crippen molar-refractivity contribution in [2.45, 2.75) is 13.5 Å². The van der Waals surface area contributed by atoms with Crippen molar-refractivity contribution in [3.63, 3.8) is 0 Å². The first-order chi connectivity index (χ1) is 11.0. The number of amides is 2. The van der Waals surface area contributed by atoms with Crippen LogP contribution in [0.4, 0.5) is 14.9 Å². The zero-order valence-corrected chi connectivity index (χ0v) is 12.9. The fraction of sp³-hybridized carbons (Fsp3) is 0.250. The van der Waals surface area contributed by atoms with Crippen LogP contribution in [0.25, 0.3) is 0 Å². The van der Waals surface area contributed by atoms with E-state index in [4.69, 9.17) is 4.74 Å². The van der Waals surface area contributed by atoms with E-state index in [2.05, 4.69) is 10.6 Å². The van der Waals surface area contributed by atoms with Gasteiger partial charge >= 0.3 is 6.03 Å². The van der Waals surface area contributed by atoms with Gasteiger partial charge in [-0.1, -0.05) is 12.1 Å². The zero-order chi connectivity index (χ0) is 16.8. The van der Waals surface area contributed by atoms with Crippen LogP contribution < -0.4 is 20.9 Å². The Bertz CT molecular complexity index is 758. The lowest BCUT2D eigenvalue weighted by Gasteiger charge is -2.12. The summed E-state index contributed by atoms with van der Waals surface area (Å²) in [5, 5.41) is 4.99. The number of ether oxygens (including phenoxy) is 1. The van der Waals surface area contributed by atoms with Crippen LogP contribution in [0.3, 0.4) is 0 Å². The van der Waals surface area contributed by atoms with Gasteiger partial charge in [0, 0.05) is 24.8 Å². The first kappa shape index (κ1) is 16.5. The summed E-state index contributed by atoms with van der Waals surface area (Å²) in [6, 6.07) is 8.47. The second-order valence-corrected chi connectivity index (χ2v) is 4.89. The van der Waals surface area contributed by atoms with Gasteiger partial charge in [-0.3, -0.25) is 4.79 Å². The van der Waals surface area contributed by atoms with Crippen molar-refractivity contribution in [3.05, 3.63) is 58.3 Å². The Kier molecular flexibility index (Phi) is 5.35. The summed E-state index contributed by atoms with van der Waals surface area (Å²) in [6.07, 6.45) is 0. The lowest BCUT2D eigenvalue weighted by molar-refractivity contribution is 0.251. The molecule has 0 saturated carbocycles. The number of rotatable bonds is 5. The Labute approximate surface area is 132 Å². The zero-order valence-electron chi connectivity index (χ0n) is 12.9. The molecule has 0 atom stereocenters. The fourth-order valence-corrected chi connectivity index (χ4v) is 2.11. The van der Waals surface area contributed by atoms with Crippen LogP contribution in [-0.4, -0.2) is 24.3 Å². The molecule has 0 aliphatic rings. The minimum Gasteiger partial charge on any atom is -0.496 e. The van der Waals surface area contributed by atoms with Crippen LogP contribution in [0.1, 0.15) is 5.69 Å². The van der Waals surface area contributed by atoms with Crippen LogP contribution in [-0.2, 0) is 6.54 Å². The molecule has 0 spiro atoms. The highest BCUT2D eigenvalue weighted by Crippen LogP contribution is 2.12. The Hall–Kier alpha value is -2.83. The van der Waals surface area contributed by atoms with Gasteiger partial charge < -0.3 is 19.9 Å². The molecular formula is C16H18FN3O3. The maximum atomic E-state index is 13.4. The van der Waals surface area contributed by atoms with Gasteiger partial charge in [0.25, 0.3) is 5.56 Å². The highest BCUT2D eigenvalue weighted by atomic mass is 19.1. The molecule has 2 N–H and O–H groups in total. The van der Waals surface area contributed by atoms with E-state index in [1.807, 2.05) is 0 Å². The number of aromatic nitrogens is 1. The predicted octanol–water partition coefficient (Wildman–Crippen LogP) is 2.13. The van der Waals surface area contributed by atoms with E-state index in [1.54, 1.807) is 19.1 Å². The standard InChI is InChI=1S/C16H18FN3O3/c1-11-9-12(23-2)10-15(21)20(11)8-7-18-16(22)19-14-6-4-3-5-13(14)17/h3-6,9-10H,7-8H2,1-2H3,(H2,18,19,22). The van der Waals surface area contributed by atoms with Crippen LogP contribution >= 0.6 is 0 Å². The summed E-state index contributed by atoms with van der Waals surface area (Å²) >= 11 is 0. The Morgan fingerprint density at radius 3 is 2.70 bits per heavy atom. The van der Waals surface area contributed by atoms with Crippen LogP contribution in [0, 0.1) is 12.7 Å². The lowest BCUT2D eigenvalue weighted by Crippen LogP contribution is -2.34. The van der Waals surface area contributed by atoms with Gasteiger partial charge in [0.05, 0.1) is 12.8 Å². The van der Waals surface area contributed by atoms with Crippen molar-refractivity contribution in [2.24, 2.45) is 0 Å². The van der Waals surface area contributed by atoms with Gasteiger partial charge in [-0.05, 0) is 25.1 Å². The van der Waals surface area contributed by atoms with E-state index >= 15 is 0 Å². The van der Waals surface area contributed by atoms with Crippen molar-refractivity contribution in [2.75, 3.05) is 19.0 Å². The van der Waals surface area contributed by atoms with E-state index in [0.29, 0.717) is 12.3 Å². The van der Waals surface area contributed by atoms with E-state index in [-0.39, 0.29) is 17.8 Å². The largest absolute Gasteiger partial charge is 0.496 e. The average molecular weight is 319 g/mol. The molecule has 0 saturated heterocycles. The molecule has 1 heterocycles. The number of carbonyl (C=O) groups excluding carboxylic acids is 1. The molecule has 0 aliphatic heterocycles. The van der Waals surface area contributed by atoms with E-state index in [0.717, 1.165) is 5.69 Å². The maximum absolute atomic E-state index is 13.4. The Morgan fingerprint density at radius 1 is 1.30 bits per heavy atom. The summed E-state index contributed by atoms with van der Waals surface area (Å²) in [5.41, 5.74) is 0.617. The highest BCUT2D eigenvalue weighted by molar-refractivity contribution is 5.89. The molecule has 0 unspecified atom stereocenters. The third-order valence-corrected chi connectivity index (χ3v) is 3.29. The SMILES string of the molecule is COc1cc(C)n(CCNC(=O)Nc2ccccc2F)c(=O)c1. The van der Waals surface area contributed by atoms with Crippen molar-refractivity contribution < 1.29 is 13.9 Å². The number of nitrogens with zero attached hydrogens (tertiary/aromatic N) is 1. The quantitative estimate of drug-likeness (QED) is 0.887. The molecule has 2 rings (SSSR count).